The largest absolute Gasteiger partial charge is 0.478 e. The molecule has 0 bridgehead atoms. The number of hydrogen-bond acceptors (Lipinski definition) is 5. The predicted molar refractivity (Wildman–Crippen MR) is 76.3 cm³/mol. The van der Waals surface area contributed by atoms with Crippen LogP contribution < -0.4 is 10.5 Å². The first-order chi connectivity index (χ1) is 9.21. The molecule has 1 rings (SSSR count). The zero-order valence-corrected chi connectivity index (χ0v) is 12.1. The molecule has 1 aromatic rings. The molecule has 0 unspecified atom stereocenters. The Balaban J connectivity index is 2.86. The molecule has 20 heavy (non-hydrogen) atoms. The van der Waals surface area contributed by atoms with Crippen LogP contribution in [0.3, 0.4) is 0 Å². The summed E-state index contributed by atoms with van der Waals surface area (Å²) in [6.45, 7) is 3.61. The predicted octanol–water partition coefficient (Wildman–Crippen LogP) is 1.13. The maximum absolute atomic E-state index is 11.8. The number of sulfonamides is 1. The van der Waals surface area contributed by atoms with Crippen molar-refractivity contribution in [3.8, 4) is 0 Å². The maximum atomic E-state index is 11.8. The van der Waals surface area contributed by atoms with Gasteiger partial charge in [0.2, 0.25) is 10.0 Å². The van der Waals surface area contributed by atoms with Crippen molar-refractivity contribution in [2.24, 2.45) is 0 Å². The van der Waals surface area contributed by atoms with Gasteiger partial charge in [0, 0.05) is 5.69 Å². The normalized spacial score (nSPS) is 11.6. The van der Waals surface area contributed by atoms with Crippen LogP contribution in [0.15, 0.2) is 18.2 Å². The van der Waals surface area contributed by atoms with Crippen LogP contribution in [0.1, 0.15) is 24.2 Å². The van der Waals surface area contributed by atoms with Crippen LogP contribution in [-0.4, -0.2) is 38.0 Å². The van der Waals surface area contributed by atoms with Crippen molar-refractivity contribution in [3.63, 3.8) is 0 Å². The zero-order chi connectivity index (χ0) is 15.3. The first-order valence-corrected chi connectivity index (χ1v) is 7.61. The lowest BCUT2D eigenvalue weighted by molar-refractivity contribution is 0.0698. The first kappa shape index (κ1) is 16.3. The molecule has 0 aromatic heterocycles. The highest BCUT2D eigenvalue weighted by atomic mass is 32.2. The Bertz CT molecular complexity index is 584. The molecule has 8 heteroatoms. The third kappa shape index (κ3) is 5.06. The van der Waals surface area contributed by atoms with Gasteiger partial charge in [-0.2, -0.15) is 0 Å². The summed E-state index contributed by atoms with van der Waals surface area (Å²) in [6, 6.07) is 3.91. The molecule has 7 nitrogen and oxygen atoms in total. The average Bonchev–Trinajstić information content (AvgIpc) is 2.26. The summed E-state index contributed by atoms with van der Waals surface area (Å²) in [4.78, 5) is 11.0. The van der Waals surface area contributed by atoms with Crippen molar-refractivity contribution >= 4 is 27.4 Å². The minimum absolute atomic E-state index is 0.0255. The van der Waals surface area contributed by atoms with Crippen LogP contribution in [0.5, 0.6) is 0 Å². The highest BCUT2D eigenvalue weighted by Crippen LogP contribution is 2.20. The summed E-state index contributed by atoms with van der Waals surface area (Å²) in [5, 5.41) is 9.00. The van der Waals surface area contributed by atoms with Crippen LogP contribution in [0.2, 0.25) is 0 Å². The Hall–Kier alpha value is -1.80. The molecule has 0 saturated carbocycles. The number of carboxylic acid groups (broad SMARTS) is 1. The second-order valence-corrected chi connectivity index (χ2v) is 6.29. The molecule has 0 aliphatic heterocycles. The summed E-state index contributed by atoms with van der Waals surface area (Å²) in [7, 11) is -3.70. The number of ether oxygens (including phenoxy) is 1. The molecule has 0 heterocycles. The van der Waals surface area contributed by atoms with Gasteiger partial charge in [0.15, 0.2) is 0 Å². The number of nitrogen functional groups attached to an aromatic ring is 1. The molecule has 0 saturated heterocycles. The summed E-state index contributed by atoms with van der Waals surface area (Å²) in [5.41, 5.74) is 5.59. The Kier molecular flexibility index (Phi) is 5.34. The third-order valence-electron chi connectivity index (χ3n) is 2.34. The summed E-state index contributed by atoms with van der Waals surface area (Å²) in [5.74, 6) is -1.50. The molecule has 0 atom stereocenters. The number of benzene rings is 1. The van der Waals surface area contributed by atoms with E-state index >= 15 is 0 Å². The number of nitrogens with one attached hydrogen (secondary N) is 1. The van der Waals surface area contributed by atoms with Gasteiger partial charge in [0.1, 0.15) is 0 Å². The van der Waals surface area contributed by atoms with Gasteiger partial charge in [-0.25, -0.2) is 13.2 Å². The van der Waals surface area contributed by atoms with Gasteiger partial charge in [-0.3, -0.25) is 4.72 Å². The highest BCUT2D eigenvalue weighted by molar-refractivity contribution is 7.92. The molecule has 0 amide bonds. The number of carbonyl (C=O) groups is 1. The van der Waals surface area contributed by atoms with Crippen molar-refractivity contribution in [1.29, 1.82) is 0 Å². The maximum Gasteiger partial charge on any atom is 0.337 e. The van der Waals surface area contributed by atoms with Crippen LogP contribution in [0, 0.1) is 0 Å². The van der Waals surface area contributed by atoms with Gasteiger partial charge in [-0.1, -0.05) is 0 Å². The second kappa shape index (κ2) is 6.58. The van der Waals surface area contributed by atoms with E-state index in [0.717, 1.165) is 0 Å². The van der Waals surface area contributed by atoms with Gasteiger partial charge in [0.25, 0.3) is 0 Å². The van der Waals surface area contributed by atoms with E-state index in [1.165, 1.54) is 18.2 Å². The van der Waals surface area contributed by atoms with E-state index in [2.05, 4.69) is 4.72 Å². The van der Waals surface area contributed by atoms with Gasteiger partial charge in [-0.05, 0) is 32.0 Å². The average molecular weight is 302 g/mol. The fourth-order valence-electron chi connectivity index (χ4n) is 1.44. The van der Waals surface area contributed by atoms with Crippen molar-refractivity contribution in [1.82, 2.24) is 0 Å². The summed E-state index contributed by atoms with van der Waals surface area (Å²) < 4.78 is 31.1. The third-order valence-corrected chi connectivity index (χ3v) is 3.58. The fraction of sp³-hybridized carbons (Fsp3) is 0.417. The van der Waals surface area contributed by atoms with E-state index in [1.807, 2.05) is 0 Å². The molecule has 0 fully saturated rings. The van der Waals surface area contributed by atoms with E-state index in [1.54, 1.807) is 13.8 Å². The lowest BCUT2D eigenvalue weighted by Gasteiger charge is -2.12. The quantitative estimate of drug-likeness (QED) is 0.650. The Labute approximate surface area is 117 Å². The molecule has 0 aliphatic carbocycles. The smallest absolute Gasteiger partial charge is 0.337 e. The van der Waals surface area contributed by atoms with Gasteiger partial charge in [0.05, 0.1) is 29.7 Å². The van der Waals surface area contributed by atoms with Crippen molar-refractivity contribution in [3.05, 3.63) is 23.8 Å². The standard InChI is InChI=1S/C12H18N2O5S/c1-8(2)19-5-6-20(17,18)14-11-7-9(13)3-4-10(11)12(15)16/h3-4,7-8,14H,5-6,13H2,1-2H3,(H,15,16). The van der Waals surface area contributed by atoms with Crippen LogP contribution >= 0.6 is 0 Å². The van der Waals surface area contributed by atoms with Crippen LogP contribution in [-0.2, 0) is 14.8 Å². The molecule has 0 radical (unpaired) electrons. The molecule has 4 N–H and O–H groups in total. The van der Waals surface area contributed by atoms with Gasteiger partial charge >= 0.3 is 5.97 Å². The number of rotatable bonds is 7. The SMILES string of the molecule is CC(C)OCCS(=O)(=O)Nc1cc(N)ccc1C(=O)O. The minimum Gasteiger partial charge on any atom is -0.478 e. The summed E-state index contributed by atoms with van der Waals surface area (Å²) in [6.07, 6.45) is -0.0767. The Morgan fingerprint density at radius 2 is 2.10 bits per heavy atom. The number of aromatic carboxylic acids is 1. The molecule has 112 valence electrons. The first-order valence-electron chi connectivity index (χ1n) is 5.96. The Morgan fingerprint density at radius 3 is 2.65 bits per heavy atom. The van der Waals surface area contributed by atoms with E-state index in [-0.39, 0.29) is 35.4 Å². The van der Waals surface area contributed by atoms with Gasteiger partial charge < -0.3 is 15.6 Å². The van der Waals surface area contributed by atoms with Crippen molar-refractivity contribution in [2.45, 2.75) is 20.0 Å². The van der Waals surface area contributed by atoms with E-state index in [4.69, 9.17) is 15.6 Å². The summed E-state index contributed by atoms with van der Waals surface area (Å²) >= 11 is 0. The van der Waals surface area contributed by atoms with Crippen molar-refractivity contribution < 1.29 is 23.1 Å². The number of carboxylic acids is 1. The highest BCUT2D eigenvalue weighted by Gasteiger charge is 2.16. The Morgan fingerprint density at radius 1 is 1.45 bits per heavy atom. The zero-order valence-electron chi connectivity index (χ0n) is 11.3. The monoisotopic (exact) mass is 302 g/mol. The van der Waals surface area contributed by atoms with Crippen LogP contribution in [0.25, 0.3) is 0 Å². The topological polar surface area (TPSA) is 119 Å². The number of nitrogens with two attached hydrogens (primary N) is 1. The van der Waals surface area contributed by atoms with E-state index in [9.17, 15) is 13.2 Å². The molecular formula is C12H18N2O5S. The van der Waals surface area contributed by atoms with E-state index in [0.29, 0.717) is 0 Å². The lowest BCUT2D eigenvalue weighted by atomic mass is 10.1. The van der Waals surface area contributed by atoms with Crippen LogP contribution in [0.4, 0.5) is 11.4 Å². The fourth-order valence-corrected chi connectivity index (χ4v) is 2.37. The minimum atomic E-state index is -3.70. The second-order valence-electron chi connectivity index (χ2n) is 4.45. The van der Waals surface area contributed by atoms with E-state index < -0.39 is 16.0 Å². The molecule has 0 spiro atoms. The molecule has 0 aliphatic rings. The van der Waals surface area contributed by atoms with Crippen molar-refractivity contribution in [2.75, 3.05) is 22.8 Å². The molecular weight excluding hydrogens is 284 g/mol. The van der Waals surface area contributed by atoms with Gasteiger partial charge in [-0.15, -0.1) is 0 Å². The number of hydrogen-bond donors (Lipinski definition) is 3. The number of anilines is 2. The lowest BCUT2D eigenvalue weighted by Crippen LogP contribution is -2.22. The molecule has 1 aromatic carbocycles.